The van der Waals surface area contributed by atoms with Crippen molar-refractivity contribution in [2.45, 2.75) is 39.5 Å². The van der Waals surface area contributed by atoms with Gasteiger partial charge < -0.3 is 10.2 Å². The van der Waals surface area contributed by atoms with E-state index in [-0.39, 0.29) is 11.2 Å². The van der Waals surface area contributed by atoms with Crippen molar-refractivity contribution in [1.29, 1.82) is 0 Å². The van der Waals surface area contributed by atoms with Gasteiger partial charge in [0.1, 0.15) is 5.82 Å². The van der Waals surface area contributed by atoms with Crippen LogP contribution in [0.15, 0.2) is 41.0 Å². The van der Waals surface area contributed by atoms with E-state index in [1.165, 1.54) is 16.1 Å². The number of hydrogen-bond donors (Lipinski definition) is 1. The second kappa shape index (κ2) is 6.54. The summed E-state index contributed by atoms with van der Waals surface area (Å²) in [5, 5.41) is 3.55. The number of carbonyl (C=O) groups is 1. The molecule has 5 heteroatoms. The van der Waals surface area contributed by atoms with Crippen LogP contribution < -0.4 is 10.2 Å². The van der Waals surface area contributed by atoms with E-state index in [9.17, 15) is 4.79 Å². The number of thiazole rings is 1. The Hall–Kier alpha value is -2.14. The van der Waals surface area contributed by atoms with Crippen LogP contribution in [-0.4, -0.2) is 24.4 Å². The van der Waals surface area contributed by atoms with Crippen molar-refractivity contribution in [3.63, 3.8) is 0 Å². The van der Waals surface area contributed by atoms with Crippen LogP contribution in [0.4, 0.5) is 11.5 Å². The molecule has 1 aliphatic carbocycles. The molecule has 1 N–H and O–H groups in total. The third kappa shape index (κ3) is 3.28. The number of anilines is 2. The maximum atomic E-state index is 13.0. The van der Waals surface area contributed by atoms with Crippen LogP contribution >= 0.6 is 11.3 Å². The third-order valence-corrected chi connectivity index (χ3v) is 6.24. The molecule has 0 saturated carbocycles. The Morgan fingerprint density at radius 2 is 2.04 bits per heavy atom. The Labute approximate surface area is 158 Å². The van der Waals surface area contributed by atoms with Gasteiger partial charge in [-0.1, -0.05) is 32.0 Å². The summed E-state index contributed by atoms with van der Waals surface area (Å²) in [5.41, 5.74) is 6.28. The van der Waals surface area contributed by atoms with E-state index in [2.05, 4.69) is 60.4 Å². The topological polar surface area (TPSA) is 45.2 Å². The first-order valence-electron chi connectivity index (χ1n) is 9.17. The summed E-state index contributed by atoms with van der Waals surface area (Å²) in [6.07, 6.45) is 3.10. The molecule has 0 amide bonds. The van der Waals surface area contributed by atoms with Gasteiger partial charge in [0.2, 0.25) is 0 Å². The summed E-state index contributed by atoms with van der Waals surface area (Å²) in [4.78, 5) is 21.1. The van der Waals surface area contributed by atoms with Crippen molar-refractivity contribution in [2.75, 3.05) is 23.8 Å². The van der Waals surface area contributed by atoms with Gasteiger partial charge in [-0.15, -0.1) is 11.3 Å². The highest BCUT2D eigenvalue weighted by atomic mass is 32.1. The van der Waals surface area contributed by atoms with Gasteiger partial charge in [-0.2, -0.15) is 0 Å². The van der Waals surface area contributed by atoms with E-state index in [1.807, 2.05) is 5.51 Å². The first-order valence-corrected chi connectivity index (χ1v) is 10.0. The van der Waals surface area contributed by atoms with Crippen LogP contribution in [0.5, 0.6) is 0 Å². The highest BCUT2D eigenvalue weighted by molar-refractivity contribution is 7.10. The summed E-state index contributed by atoms with van der Waals surface area (Å²) in [7, 11) is 2.13. The van der Waals surface area contributed by atoms with Gasteiger partial charge in [0, 0.05) is 49.8 Å². The fourth-order valence-electron chi connectivity index (χ4n) is 3.99. The summed E-state index contributed by atoms with van der Waals surface area (Å²) in [5.74, 6) is 1.18. The van der Waals surface area contributed by atoms with Crippen molar-refractivity contribution in [3.8, 4) is 0 Å². The molecule has 0 atom stereocenters. The minimum atomic E-state index is -0.0183. The van der Waals surface area contributed by atoms with E-state index >= 15 is 0 Å². The van der Waals surface area contributed by atoms with Crippen molar-refractivity contribution in [2.24, 2.45) is 5.41 Å². The maximum Gasteiger partial charge on any atom is 0.161 e. The summed E-state index contributed by atoms with van der Waals surface area (Å²) >= 11 is 1.69. The monoisotopic (exact) mass is 367 g/mol. The van der Waals surface area contributed by atoms with Crippen LogP contribution in [0, 0.1) is 5.41 Å². The largest absolute Gasteiger partial charge is 0.374 e. The highest BCUT2D eigenvalue weighted by Gasteiger charge is 2.34. The van der Waals surface area contributed by atoms with E-state index in [0.29, 0.717) is 12.8 Å². The number of para-hydroxylation sites is 1. The Balaban J connectivity index is 1.85. The predicted octanol–water partition coefficient (Wildman–Crippen LogP) is 4.43. The van der Waals surface area contributed by atoms with E-state index < -0.39 is 0 Å². The molecule has 1 aromatic carbocycles. The standard InChI is InChI=1S/C21H25N3OS/c1-21(2)11-16-15(18(25)12-21)10-14-6-4-5-7-17(14)24(3)9-8-19-20(23-16)22-13-26-19/h4-7,13,23H,8-12H2,1-3H3. The SMILES string of the molecule is CN1CCc2scnc2NC2=C(Cc3ccccc31)C(=O)CC(C)(C)C2. The molecule has 2 aliphatic rings. The lowest BCUT2D eigenvalue weighted by molar-refractivity contribution is -0.118. The quantitative estimate of drug-likeness (QED) is 0.748. The summed E-state index contributed by atoms with van der Waals surface area (Å²) < 4.78 is 0. The van der Waals surface area contributed by atoms with Crippen molar-refractivity contribution in [1.82, 2.24) is 4.98 Å². The lowest BCUT2D eigenvalue weighted by Gasteiger charge is -2.33. The molecule has 0 spiro atoms. The molecule has 0 bridgehead atoms. The molecule has 2 aromatic rings. The van der Waals surface area contributed by atoms with Gasteiger partial charge in [-0.25, -0.2) is 4.98 Å². The average molecular weight is 368 g/mol. The van der Waals surface area contributed by atoms with Gasteiger partial charge in [0.25, 0.3) is 0 Å². The summed E-state index contributed by atoms with van der Waals surface area (Å²) in [6.45, 7) is 5.27. The lowest BCUT2D eigenvalue weighted by Crippen LogP contribution is -2.29. The molecule has 0 unspecified atom stereocenters. The number of fused-ring (bicyclic) bond motifs is 2. The second-order valence-corrected chi connectivity index (χ2v) is 9.06. The highest BCUT2D eigenvalue weighted by Crippen LogP contribution is 2.39. The van der Waals surface area contributed by atoms with Crippen LogP contribution in [0.3, 0.4) is 0 Å². The molecule has 4 nitrogen and oxygen atoms in total. The van der Waals surface area contributed by atoms with Gasteiger partial charge in [0.05, 0.1) is 10.4 Å². The zero-order chi connectivity index (χ0) is 18.3. The van der Waals surface area contributed by atoms with Crippen LogP contribution in [0.2, 0.25) is 0 Å². The van der Waals surface area contributed by atoms with E-state index in [0.717, 1.165) is 36.5 Å². The smallest absolute Gasteiger partial charge is 0.161 e. The number of aromatic nitrogens is 1. The number of likely N-dealkylation sites (N-methyl/N-ethyl adjacent to an activating group) is 1. The first kappa shape index (κ1) is 17.3. The number of nitrogens with one attached hydrogen (secondary N) is 1. The predicted molar refractivity (Wildman–Crippen MR) is 108 cm³/mol. The van der Waals surface area contributed by atoms with Gasteiger partial charge in [0.15, 0.2) is 5.78 Å². The Bertz CT molecular complexity index is 881. The second-order valence-electron chi connectivity index (χ2n) is 8.12. The number of ketones is 1. The number of hydrogen-bond acceptors (Lipinski definition) is 5. The molecular formula is C21H25N3OS. The van der Waals surface area contributed by atoms with Gasteiger partial charge >= 0.3 is 0 Å². The number of carbonyl (C=O) groups excluding carboxylic acids is 1. The zero-order valence-corrected chi connectivity index (χ0v) is 16.4. The third-order valence-electron chi connectivity index (χ3n) is 5.35. The molecule has 0 saturated heterocycles. The number of Topliss-reactive ketones (excluding diaryl/α,β-unsaturated/α-hetero) is 1. The fraction of sp³-hybridized carbons (Fsp3) is 0.429. The number of rotatable bonds is 0. The van der Waals surface area contributed by atoms with E-state index in [4.69, 9.17) is 0 Å². The van der Waals surface area contributed by atoms with Crippen molar-refractivity contribution in [3.05, 3.63) is 51.5 Å². The molecule has 0 fully saturated rings. The molecule has 0 radical (unpaired) electrons. The van der Waals surface area contributed by atoms with Gasteiger partial charge in [-0.3, -0.25) is 4.79 Å². The Morgan fingerprint density at radius 1 is 1.23 bits per heavy atom. The molecule has 26 heavy (non-hydrogen) atoms. The van der Waals surface area contributed by atoms with Crippen LogP contribution in [-0.2, 0) is 17.6 Å². The lowest BCUT2D eigenvalue weighted by atomic mass is 9.74. The fourth-order valence-corrected chi connectivity index (χ4v) is 4.70. The summed E-state index contributed by atoms with van der Waals surface area (Å²) in [6, 6.07) is 8.45. The molecule has 1 aliphatic heterocycles. The van der Waals surface area contributed by atoms with Crippen LogP contribution in [0.25, 0.3) is 0 Å². The first-order chi connectivity index (χ1) is 12.4. The number of benzene rings is 1. The molecule has 1 aromatic heterocycles. The minimum absolute atomic E-state index is 0.0183. The maximum absolute atomic E-state index is 13.0. The molecule has 2 heterocycles. The van der Waals surface area contributed by atoms with Crippen LogP contribution in [0.1, 0.15) is 37.1 Å². The number of allylic oxidation sites excluding steroid dienone is 2. The molecular weight excluding hydrogens is 342 g/mol. The normalized spacial score (nSPS) is 19.8. The number of nitrogens with zero attached hydrogens (tertiary/aromatic N) is 2. The Morgan fingerprint density at radius 3 is 2.88 bits per heavy atom. The van der Waals surface area contributed by atoms with Gasteiger partial charge in [-0.05, 0) is 23.5 Å². The minimum Gasteiger partial charge on any atom is -0.374 e. The van der Waals surface area contributed by atoms with Crippen molar-refractivity contribution >= 4 is 28.6 Å². The molecule has 4 rings (SSSR count). The zero-order valence-electron chi connectivity index (χ0n) is 15.6. The Kier molecular flexibility index (Phi) is 4.35. The van der Waals surface area contributed by atoms with Crippen molar-refractivity contribution < 1.29 is 4.79 Å². The average Bonchev–Trinajstić information content (AvgIpc) is 3.01. The molecule has 136 valence electrons. The van der Waals surface area contributed by atoms with E-state index in [1.54, 1.807) is 11.3 Å².